The van der Waals surface area contributed by atoms with E-state index in [0.29, 0.717) is 16.9 Å². The lowest BCUT2D eigenvalue weighted by Gasteiger charge is -2.54. The van der Waals surface area contributed by atoms with Crippen LogP contribution in [-0.2, 0) is 20.8 Å². The second kappa shape index (κ2) is 8.82. The molecule has 10 nitrogen and oxygen atoms in total. The van der Waals surface area contributed by atoms with Gasteiger partial charge in [-0.1, -0.05) is 42.1 Å². The van der Waals surface area contributed by atoms with Crippen molar-refractivity contribution in [1.82, 2.24) is 10.2 Å². The van der Waals surface area contributed by atoms with Crippen molar-refractivity contribution in [2.45, 2.75) is 36.6 Å². The van der Waals surface area contributed by atoms with Gasteiger partial charge in [0.2, 0.25) is 12.0 Å². The van der Waals surface area contributed by atoms with Gasteiger partial charge in [0.05, 0.1) is 4.92 Å². The number of benzene rings is 2. The number of fused-ring (bicyclic) bond motifs is 1. The number of hydrogen-bond acceptors (Lipinski definition) is 7. The molecular formula is C23H21N3O7S. The van der Waals surface area contributed by atoms with Gasteiger partial charge >= 0.3 is 5.97 Å². The third-order valence-electron chi connectivity index (χ3n) is 5.71. The number of hydrogen-bond donors (Lipinski definition) is 2. The van der Waals surface area contributed by atoms with Crippen molar-refractivity contribution in [3.05, 3.63) is 81.5 Å². The molecule has 0 aliphatic carbocycles. The number of carboxylic acids is 1. The molecule has 34 heavy (non-hydrogen) atoms. The fourth-order valence-corrected chi connectivity index (χ4v) is 5.87. The topological polar surface area (TPSA) is 139 Å². The summed E-state index contributed by atoms with van der Waals surface area (Å²) in [6, 6.07) is 14.5. The molecule has 2 aliphatic heterocycles. The molecule has 0 aromatic heterocycles. The van der Waals surface area contributed by atoms with Crippen LogP contribution in [0.5, 0.6) is 5.75 Å². The van der Waals surface area contributed by atoms with Crippen LogP contribution < -0.4 is 10.1 Å². The van der Waals surface area contributed by atoms with Crippen molar-refractivity contribution in [1.29, 1.82) is 0 Å². The van der Waals surface area contributed by atoms with E-state index in [1.807, 2.05) is 0 Å². The Morgan fingerprint density at radius 2 is 1.85 bits per heavy atom. The van der Waals surface area contributed by atoms with E-state index in [2.05, 4.69) is 5.32 Å². The molecular weight excluding hydrogens is 462 g/mol. The summed E-state index contributed by atoms with van der Waals surface area (Å²) in [6.45, 7) is 2.88. The zero-order valence-corrected chi connectivity index (χ0v) is 19.1. The van der Waals surface area contributed by atoms with Crippen molar-refractivity contribution in [3.63, 3.8) is 0 Å². The van der Waals surface area contributed by atoms with Gasteiger partial charge in [-0.3, -0.25) is 24.6 Å². The normalized spacial score (nSPS) is 23.6. The molecule has 1 fully saturated rings. The Hall–Kier alpha value is -3.86. The first-order chi connectivity index (χ1) is 16.1. The van der Waals surface area contributed by atoms with Gasteiger partial charge in [0, 0.05) is 25.5 Å². The van der Waals surface area contributed by atoms with E-state index in [0.717, 1.165) is 0 Å². The standard InChI is InChI=1S/C23H21N3O7S/c1-13-18(22(29)30)25-20(28)19(33-17-6-4-3-5-7-17)21(25)34-23(13,24-14(2)27)12-15-8-10-16(11-9-15)26(31)32/h3-11,19,21H,12H2,1-2H3,(H,24,27)(H,29,30)/t19?,21-,23?/m1/s1. The van der Waals surface area contributed by atoms with Crippen LogP contribution in [0.25, 0.3) is 0 Å². The summed E-state index contributed by atoms with van der Waals surface area (Å²) >= 11 is 1.22. The van der Waals surface area contributed by atoms with Crippen LogP contribution in [-0.4, -0.2) is 49.1 Å². The minimum Gasteiger partial charge on any atom is -0.477 e. The van der Waals surface area contributed by atoms with Crippen molar-refractivity contribution in [3.8, 4) is 5.75 Å². The molecule has 2 unspecified atom stereocenters. The number of thioether (sulfide) groups is 1. The van der Waals surface area contributed by atoms with Gasteiger partial charge in [-0.25, -0.2) is 4.79 Å². The predicted octanol–water partition coefficient (Wildman–Crippen LogP) is 2.69. The zero-order valence-electron chi connectivity index (χ0n) is 18.3. The number of nitro groups is 1. The molecule has 0 saturated carbocycles. The number of nitrogens with one attached hydrogen (secondary N) is 1. The first-order valence-corrected chi connectivity index (χ1v) is 11.2. The Morgan fingerprint density at radius 3 is 2.41 bits per heavy atom. The number of aliphatic carboxylic acids is 1. The molecule has 2 N–H and O–H groups in total. The minimum absolute atomic E-state index is 0.0841. The first-order valence-electron chi connectivity index (χ1n) is 10.3. The summed E-state index contributed by atoms with van der Waals surface area (Å²) < 4.78 is 5.87. The molecule has 2 aliphatic rings. The van der Waals surface area contributed by atoms with Crippen molar-refractivity contribution < 1.29 is 29.2 Å². The van der Waals surface area contributed by atoms with E-state index in [1.165, 1.54) is 35.7 Å². The highest BCUT2D eigenvalue weighted by atomic mass is 32.2. The third-order valence-corrected chi connectivity index (χ3v) is 7.36. The van der Waals surface area contributed by atoms with E-state index < -0.39 is 39.1 Å². The summed E-state index contributed by atoms with van der Waals surface area (Å²) in [5.74, 6) is -1.71. The predicted molar refractivity (Wildman–Crippen MR) is 123 cm³/mol. The average molecular weight is 484 g/mol. The number of amides is 2. The first kappa shape index (κ1) is 23.3. The number of carbonyl (C=O) groups excluding carboxylic acids is 2. The third kappa shape index (κ3) is 4.10. The second-order valence-electron chi connectivity index (χ2n) is 7.96. The van der Waals surface area contributed by atoms with Crippen molar-refractivity contribution in [2.24, 2.45) is 0 Å². The van der Waals surface area contributed by atoms with E-state index in [1.54, 1.807) is 49.4 Å². The Balaban J connectivity index is 1.74. The van der Waals surface area contributed by atoms with E-state index >= 15 is 0 Å². The molecule has 176 valence electrons. The second-order valence-corrected chi connectivity index (χ2v) is 9.37. The molecule has 0 bridgehead atoms. The van der Waals surface area contributed by atoms with E-state index in [4.69, 9.17) is 4.74 Å². The van der Waals surface area contributed by atoms with Crippen LogP contribution >= 0.6 is 11.8 Å². The van der Waals surface area contributed by atoms with Gasteiger partial charge in [-0.2, -0.15) is 0 Å². The Morgan fingerprint density at radius 1 is 1.21 bits per heavy atom. The highest BCUT2D eigenvalue weighted by Gasteiger charge is 2.60. The monoisotopic (exact) mass is 483 g/mol. The smallest absolute Gasteiger partial charge is 0.352 e. The van der Waals surface area contributed by atoms with Crippen molar-refractivity contribution >= 4 is 35.2 Å². The zero-order chi connectivity index (χ0) is 24.6. The van der Waals surface area contributed by atoms with Gasteiger partial charge in [0.25, 0.3) is 11.6 Å². The molecule has 0 spiro atoms. The van der Waals surface area contributed by atoms with Gasteiger partial charge in [0.1, 0.15) is 21.7 Å². The number of rotatable bonds is 7. The van der Waals surface area contributed by atoms with Crippen LogP contribution in [0.4, 0.5) is 5.69 Å². The number of ether oxygens (including phenoxy) is 1. The van der Waals surface area contributed by atoms with Gasteiger partial charge in [-0.15, -0.1) is 0 Å². The number of nitrogens with zero attached hydrogens (tertiary/aromatic N) is 2. The lowest BCUT2D eigenvalue weighted by Crippen LogP contribution is -2.70. The maximum atomic E-state index is 12.9. The van der Waals surface area contributed by atoms with E-state index in [9.17, 15) is 29.6 Å². The number of carbonyl (C=O) groups is 3. The highest BCUT2D eigenvalue weighted by Crippen LogP contribution is 2.51. The van der Waals surface area contributed by atoms with Gasteiger partial charge in [0.15, 0.2) is 0 Å². The molecule has 2 aromatic rings. The maximum absolute atomic E-state index is 12.9. The van der Waals surface area contributed by atoms with Crippen LogP contribution in [0.3, 0.4) is 0 Å². The molecule has 1 saturated heterocycles. The summed E-state index contributed by atoms with van der Waals surface area (Å²) in [4.78, 5) is 47.8. The summed E-state index contributed by atoms with van der Waals surface area (Å²) in [5, 5.41) is 23.1. The van der Waals surface area contributed by atoms with Crippen LogP contribution in [0.1, 0.15) is 19.4 Å². The van der Waals surface area contributed by atoms with Crippen LogP contribution in [0.2, 0.25) is 0 Å². The summed E-state index contributed by atoms with van der Waals surface area (Å²) in [5.41, 5.74) is 0.647. The molecule has 2 heterocycles. The Kier molecular flexibility index (Phi) is 6.05. The Labute approximate surface area is 198 Å². The summed E-state index contributed by atoms with van der Waals surface area (Å²) in [6.07, 6.45) is -0.797. The Bertz CT molecular complexity index is 1200. The lowest BCUT2D eigenvalue weighted by atomic mass is 9.94. The average Bonchev–Trinajstić information content (AvgIpc) is 2.79. The summed E-state index contributed by atoms with van der Waals surface area (Å²) in [7, 11) is 0. The fourth-order valence-electron chi connectivity index (χ4n) is 4.12. The quantitative estimate of drug-likeness (QED) is 0.348. The lowest BCUT2D eigenvalue weighted by molar-refractivity contribution is -0.384. The van der Waals surface area contributed by atoms with Crippen LogP contribution in [0.15, 0.2) is 65.9 Å². The van der Waals surface area contributed by atoms with E-state index in [-0.39, 0.29) is 17.8 Å². The molecule has 4 rings (SSSR count). The van der Waals surface area contributed by atoms with Gasteiger partial charge in [-0.05, 0) is 30.2 Å². The number of nitro benzene ring substituents is 1. The number of β-lactam (4-membered cyclic amide) rings is 1. The molecule has 0 radical (unpaired) electrons. The number of carboxylic acid groups (broad SMARTS) is 1. The van der Waals surface area contributed by atoms with Crippen LogP contribution in [0, 0.1) is 10.1 Å². The number of para-hydroxylation sites is 1. The maximum Gasteiger partial charge on any atom is 0.352 e. The molecule has 3 atom stereocenters. The van der Waals surface area contributed by atoms with Gasteiger partial charge < -0.3 is 15.2 Å². The van der Waals surface area contributed by atoms with Crippen molar-refractivity contribution in [2.75, 3.05) is 0 Å². The molecule has 2 aromatic carbocycles. The molecule has 11 heteroatoms. The SMILES string of the molecule is CC(=O)NC1(Cc2ccc([N+](=O)[O-])cc2)S[C@@H]2C(Oc3ccccc3)C(=O)N2C(C(=O)O)=C1C. The highest BCUT2D eigenvalue weighted by molar-refractivity contribution is 8.01. The molecule has 2 amide bonds. The largest absolute Gasteiger partial charge is 0.477 e. The fraction of sp³-hybridized carbons (Fsp3) is 0.261. The minimum atomic E-state index is -1.30. The number of non-ortho nitro benzene ring substituents is 1.